The fourth-order valence-corrected chi connectivity index (χ4v) is 8.62. The SMILES string of the molecule is C1CC2CCCC(C1)[B-]21[NH2+][B-]2([NH2+]1)C1CCCC2CCC1. The first kappa shape index (κ1) is 12.6. The lowest BCUT2D eigenvalue weighted by atomic mass is 9.05. The summed E-state index contributed by atoms with van der Waals surface area (Å²) in [6.07, 6.45) is 18.6. The van der Waals surface area contributed by atoms with E-state index in [4.69, 9.17) is 0 Å². The van der Waals surface area contributed by atoms with Gasteiger partial charge >= 0.3 is 12.8 Å². The monoisotopic (exact) mass is 274 g/mol. The predicted octanol–water partition coefficient (Wildman–Crippen LogP) is 2.23. The highest BCUT2D eigenvalue weighted by Crippen LogP contribution is 2.53. The molecule has 0 aromatic rings. The molecule has 0 aromatic carbocycles. The molecule has 5 rings (SSSR count). The molecule has 4 N–H and O–H groups in total. The van der Waals surface area contributed by atoms with Crippen molar-refractivity contribution >= 4 is 12.8 Å². The maximum Gasteiger partial charge on any atom is 0.335 e. The number of hydrogen-bond donors (Lipinski definition) is 2. The molecule has 0 amide bonds. The molecule has 2 spiro atoms. The fraction of sp³-hybridized carbons (Fsp3) is 1.00. The van der Waals surface area contributed by atoms with Crippen molar-refractivity contribution in [2.45, 2.75) is 100 Å². The predicted molar refractivity (Wildman–Crippen MR) is 85.8 cm³/mol. The Kier molecular flexibility index (Phi) is 2.70. The van der Waals surface area contributed by atoms with E-state index in [1.54, 1.807) is 77.0 Å². The molecule has 0 aliphatic carbocycles. The third-order valence-electron chi connectivity index (χ3n) is 9.20. The first-order valence-electron chi connectivity index (χ1n) is 9.93. The number of hydrogen-bond acceptors (Lipinski definition) is 0. The van der Waals surface area contributed by atoms with E-state index in [-0.39, 0.29) is 12.8 Å². The van der Waals surface area contributed by atoms with Crippen LogP contribution in [-0.4, -0.2) is 12.8 Å². The Bertz CT molecular complexity index is 323. The quantitative estimate of drug-likeness (QED) is 0.635. The minimum absolute atomic E-state index is 0.101. The molecular weight excluding hydrogens is 242 g/mol. The molecule has 112 valence electrons. The minimum Gasteiger partial charge on any atom is -0.635 e. The average molecular weight is 274 g/mol. The van der Waals surface area contributed by atoms with E-state index in [1.165, 1.54) is 0 Å². The molecule has 4 bridgehead atoms. The van der Waals surface area contributed by atoms with Gasteiger partial charge in [-0.3, -0.25) is 0 Å². The molecule has 0 aromatic heterocycles. The summed E-state index contributed by atoms with van der Waals surface area (Å²) < 4.78 is 0. The first-order chi connectivity index (χ1) is 9.83. The van der Waals surface area contributed by atoms with E-state index in [2.05, 4.69) is 10.3 Å². The molecule has 0 radical (unpaired) electrons. The van der Waals surface area contributed by atoms with Gasteiger partial charge in [0.1, 0.15) is 0 Å². The Morgan fingerprint density at radius 3 is 0.950 bits per heavy atom. The molecule has 0 unspecified atom stereocenters. The van der Waals surface area contributed by atoms with Crippen LogP contribution in [0.25, 0.3) is 0 Å². The lowest BCUT2D eigenvalue weighted by Crippen LogP contribution is -3.54. The summed E-state index contributed by atoms with van der Waals surface area (Å²) in [5.74, 6) is 4.49. The second-order valence-electron chi connectivity index (χ2n) is 9.46. The van der Waals surface area contributed by atoms with Gasteiger partial charge in [0.25, 0.3) is 0 Å². The number of quaternary nitrogens is 2. The third-order valence-corrected chi connectivity index (χ3v) is 9.20. The topological polar surface area (TPSA) is 33.2 Å². The van der Waals surface area contributed by atoms with Gasteiger partial charge in [-0.05, 0) is 0 Å². The lowest BCUT2D eigenvalue weighted by molar-refractivity contribution is -0.701. The van der Waals surface area contributed by atoms with Crippen LogP contribution < -0.4 is 10.3 Å². The van der Waals surface area contributed by atoms with Gasteiger partial charge in [-0.25, -0.2) is 0 Å². The van der Waals surface area contributed by atoms with Crippen molar-refractivity contribution in [3.8, 4) is 0 Å². The summed E-state index contributed by atoms with van der Waals surface area (Å²) in [5.41, 5.74) is 0. The second-order valence-corrected chi connectivity index (χ2v) is 9.46. The van der Waals surface area contributed by atoms with Crippen LogP contribution in [0.3, 0.4) is 0 Å². The first-order valence-corrected chi connectivity index (χ1v) is 9.93. The molecule has 5 fully saturated rings. The third kappa shape index (κ3) is 1.46. The van der Waals surface area contributed by atoms with E-state index < -0.39 is 0 Å². The van der Waals surface area contributed by atoms with Crippen molar-refractivity contribution in [2.75, 3.05) is 0 Å². The Morgan fingerprint density at radius 2 is 0.700 bits per heavy atom. The summed E-state index contributed by atoms with van der Waals surface area (Å²) in [6, 6.07) is 0. The van der Waals surface area contributed by atoms with Crippen molar-refractivity contribution in [1.82, 2.24) is 0 Å². The van der Waals surface area contributed by atoms with E-state index in [1.807, 2.05) is 0 Å². The van der Waals surface area contributed by atoms with Crippen LogP contribution in [0.2, 0.25) is 23.3 Å². The van der Waals surface area contributed by atoms with Gasteiger partial charge < -0.3 is 10.3 Å². The highest BCUT2D eigenvalue weighted by atomic mass is 15.2. The number of nitrogens with two attached hydrogens (primary N) is 2. The molecule has 2 nitrogen and oxygen atoms in total. The van der Waals surface area contributed by atoms with Crippen LogP contribution in [-0.2, 0) is 0 Å². The van der Waals surface area contributed by atoms with Crippen LogP contribution in [0.5, 0.6) is 0 Å². The maximum atomic E-state index is 3.13. The number of rotatable bonds is 0. The van der Waals surface area contributed by atoms with E-state index in [0.717, 1.165) is 23.3 Å². The molecule has 5 aliphatic rings. The Labute approximate surface area is 124 Å². The van der Waals surface area contributed by atoms with Gasteiger partial charge in [0.05, 0.1) is 0 Å². The van der Waals surface area contributed by atoms with E-state index in [9.17, 15) is 0 Å². The second kappa shape index (κ2) is 4.29. The van der Waals surface area contributed by atoms with Gasteiger partial charge in [-0.15, -0.1) is 0 Å². The van der Waals surface area contributed by atoms with Crippen molar-refractivity contribution in [2.24, 2.45) is 0 Å². The molecule has 0 atom stereocenters. The fourth-order valence-electron chi connectivity index (χ4n) is 8.62. The largest absolute Gasteiger partial charge is 0.635 e. The Morgan fingerprint density at radius 1 is 0.450 bits per heavy atom. The zero-order valence-corrected chi connectivity index (χ0v) is 13.1. The van der Waals surface area contributed by atoms with Gasteiger partial charge in [0.2, 0.25) is 0 Å². The van der Waals surface area contributed by atoms with Crippen LogP contribution in [0.4, 0.5) is 0 Å². The summed E-state index contributed by atoms with van der Waals surface area (Å²) in [4.78, 5) is 0. The highest BCUT2D eigenvalue weighted by Gasteiger charge is 2.70. The van der Waals surface area contributed by atoms with E-state index >= 15 is 0 Å². The summed E-state index contributed by atoms with van der Waals surface area (Å²) in [6.45, 7) is 0. The van der Waals surface area contributed by atoms with Crippen LogP contribution in [0, 0.1) is 0 Å². The molecule has 0 saturated carbocycles. The van der Waals surface area contributed by atoms with Gasteiger partial charge in [0.15, 0.2) is 0 Å². The van der Waals surface area contributed by atoms with Gasteiger partial charge in [-0.2, -0.15) is 0 Å². The molecular formula is C16H32B2N2. The lowest BCUT2D eigenvalue weighted by Gasteiger charge is -2.75. The average Bonchev–Trinajstić information content (AvgIpc) is 2.36. The van der Waals surface area contributed by atoms with Crippen LogP contribution in [0.15, 0.2) is 0 Å². The zero-order valence-electron chi connectivity index (χ0n) is 13.1. The van der Waals surface area contributed by atoms with Crippen molar-refractivity contribution < 1.29 is 10.3 Å². The zero-order chi connectivity index (χ0) is 13.2. The summed E-state index contributed by atoms with van der Waals surface area (Å²) in [7, 11) is 0. The van der Waals surface area contributed by atoms with Crippen LogP contribution >= 0.6 is 0 Å². The Hall–Kier alpha value is 0.0499. The molecule has 5 heterocycles. The van der Waals surface area contributed by atoms with Crippen molar-refractivity contribution in [3.05, 3.63) is 0 Å². The molecule has 20 heavy (non-hydrogen) atoms. The molecule has 5 saturated heterocycles. The summed E-state index contributed by atoms with van der Waals surface area (Å²) >= 11 is 0. The highest BCUT2D eigenvalue weighted by molar-refractivity contribution is 6.88. The van der Waals surface area contributed by atoms with E-state index in [0.29, 0.717) is 0 Å². The van der Waals surface area contributed by atoms with Gasteiger partial charge in [0, 0.05) is 0 Å². The maximum absolute atomic E-state index is 3.13. The minimum atomic E-state index is -0.101. The molecule has 5 aliphatic heterocycles. The summed E-state index contributed by atoms with van der Waals surface area (Å²) in [5, 5.41) is 6.25. The molecule has 4 heteroatoms. The Balaban J connectivity index is 1.45. The van der Waals surface area contributed by atoms with Crippen molar-refractivity contribution in [3.63, 3.8) is 0 Å². The van der Waals surface area contributed by atoms with Crippen molar-refractivity contribution in [1.29, 1.82) is 0 Å². The normalized spacial score (nSPS) is 57.6. The standard InChI is InChI=1S/C16H32B2N2/c1-5-13-7-2-8-14(6-1)17(13)19-18(20-17)15-9-3-10-16(18)12-4-11-15/h13-16H,1-12,19-20H2. The van der Waals surface area contributed by atoms with Crippen LogP contribution in [0.1, 0.15) is 77.0 Å². The smallest absolute Gasteiger partial charge is 0.335 e. The van der Waals surface area contributed by atoms with Gasteiger partial charge in [-0.1, -0.05) is 100 Å².